The van der Waals surface area contributed by atoms with Crippen molar-refractivity contribution in [2.75, 3.05) is 0 Å². The number of nitrogens with two attached hydrogens (primary N) is 1. The standard InChI is InChI=1S/C10H12FNO2/c1-6(10(13)14)9(12)7-4-2-3-5-8(7)11/h2-6,9H,12H2,1H3,(H,13,14). The van der Waals surface area contributed by atoms with Crippen LogP contribution in [-0.2, 0) is 4.79 Å². The molecule has 0 heterocycles. The van der Waals surface area contributed by atoms with Crippen LogP contribution < -0.4 is 5.73 Å². The molecule has 0 spiro atoms. The first-order valence-electron chi connectivity index (χ1n) is 4.27. The van der Waals surface area contributed by atoms with Gasteiger partial charge in [0, 0.05) is 11.6 Å². The molecule has 2 atom stereocenters. The summed E-state index contributed by atoms with van der Waals surface area (Å²) in [6.07, 6.45) is 0. The number of carbonyl (C=O) groups is 1. The summed E-state index contributed by atoms with van der Waals surface area (Å²) in [6, 6.07) is 5.13. The number of benzene rings is 1. The van der Waals surface area contributed by atoms with Gasteiger partial charge in [0.05, 0.1) is 5.92 Å². The van der Waals surface area contributed by atoms with Gasteiger partial charge in [-0.1, -0.05) is 25.1 Å². The molecule has 0 saturated heterocycles. The Morgan fingerprint density at radius 2 is 2.07 bits per heavy atom. The Morgan fingerprint density at radius 3 is 2.57 bits per heavy atom. The molecule has 0 bridgehead atoms. The summed E-state index contributed by atoms with van der Waals surface area (Å²) in [6.45, 7) is 1.46. The minimum absolute atomic E-state index is 0.238. The van der Waals surface area contributed by atoms with Crippen molar-refractivity contribution in [1.29, 1.82) is 0 Å². The molecule has 4 heteroatoms. The van der Waals surface area contributed by atoms with Crippen LogP contribution >= 0.6 is 0 Å². The van der Waals surface area contributed by atoms with Gasteiger partial charge in [-0.3, -0.25) is 4.79 Å². The Balaban J connectivity index is 2.94. The van der Waals surface area contributed by atoms with Gasteiger partial charge in [0.25, 0.3) is 0 Å². The van der Waals surface area contributed by atoms with Gasteiger partial charge >= 0.3 is 5.97 Å². The van der Waals surface area contributed by atoms with E-state index in [9.17, 15) is 9.18 Å². The van der Waals surface area contributed by atoms with Crippen molar-refractivity contribution in [1.82, 2.24) is 0 Å². The fourth-order valence-corrected chi connectivity index (χ4v) is 1.17. The molecule has 1 aromatic rings. The molecular weight excluding hydrogens is 185 g/mol. The highest BCUT2D eigenvalue weighted by atomic mass is 19.1. The lowest BCUT2D eigenvalue weighted by atomic mass is 9.95. The van der Waals surface area contributed by atoms with Crippen LogP contribution in [0.5, 0.6) is 0 Å². The van der Waals surface area contributed by atoms with Gasteiger partial charge < -0.3 is 10.8 Å². The van der Waals surface area contributed by atoms with Crippen molar-refractivity contribution in [3.8, 4) is 0 Å². The summed E-state index contributed by atoms with van der Waals surface area (Å²) >= 11 is 0. The van der Waals surface area contributed by atoms with Gasteiger partial charge in [0.2, 0.25) is 0 Å². The van der Waals surface area contributed by atoms with Crippen molar-refractivity contribution in [2.45, 2.75) is 13.0 Å². The number of halogens is 1. The Kier molecular flexibility index (Phi) is 3.19. The smallest absolute Gasteiger partial charge is 0.308 e. The third kappa shape index (κ3) is 2.09. The summed E-state index contributed by atoms with van der Waals surface area (Å²) in [5.74, 6) is -2.29. The lowest BCUT2D eigenvalue weighted by Gasteiger charge is -2.16. The molecular formula is C10H12FNO2. The van der Waals surface area contributed by atoms with Gasteiger partial charge in [-0.25, -0.2) is 4.39 Å². The quantitative estimate of drug-likeness (QED) is 0.772. The number of carboxylic acid groups (broad SMARTS) is 1. The van der Waals surface area contributed by atoms with E-state index in [1.807, 2.05) is 0 Å². The summed E-state index contributed by atoms with van der Waals surface area (Å²) < 4.78 is 13.2. The SMILES string of the molecule is CC(C(=O)O)C(N)c1ccccc1F. The van der Waals surface area contributed by atoms with Crippen molar-refractivity contribution in [3.63, 3.8) is 0 Å². The number of aliphatic carboxylic acids is 1. The number of carboxylic acids is 1. The second-order valence-corrected chi connectivity index (χ2v) is 3.17. The van der Waals surface area contributed by atoms with E-state index in [-0.39, 0.29) is 5.56 Å². The molecule has 0 saturated carbocycles. The molecule has 0 aromatic heterocycles. The zero-order valence-corrected chi connectivity index (χ0v) is 7.77. The van der Waals surface area contributed by atoms with E-state index < -0.39 is 23.7 Å². The second kappa shape index (κ2) is 4.19. The highest BCUT2D eigenvalue weighted by Crippen LogP contribution is 2.21. The molecule has 14 heavy (non-hydrogen) atoms. The molecule has 0 aliphatic carbocycles. The molecule has 0 radical (unpaired) electrons. The number of hydrogen-bond acceptors (Lipinski definition) is 2. The highest BCUT2D eigenvalue weighted by molar-refractivity contribution is 5.70. The zero-order valence-electron chi connectivity index (χ0n) is 7.77. The van der Waals surface area contributed by atoms with Gasteiger partial charge in [-0.05, 0) is 6.07 Å². The molecule has 3 N–H and O–H groups in total. The topological polar surface area (TPSA) is 63.3 Å². The Morgan fingerprint density at radius 1 is 1.50 bits per heavy atom. The first-order valence-corrected chi connectivity index (χ1v) is 4.27. The van der Waals surface area contributed by atoms with Gasteiger partial charge in [-0.2, -0.15) is 0 Å². The monoisotopic (exact) mass is 197 g/mol. The number of rotatable bonds is 3. The fourth-order valence-electron chi connectivity index (χ4n) is 1.17. The maximum Gasteiger partial charge on any atom is 0.308 e. The second-order valence-electron chi connectivity index (χ2n) is 3.17. The lowest BCUT2D eigenvalue weighted by Crippen LogP contribution is -2.26. The summed E-state index contributed by atoms with van der Waals surface area (Å²) in [7, 11) is 0. The van der Waals surface area contributed by atoms with Crippen molar-refractivity contribution < 1.29 is 14.3 Å². The molecule has 2 unspecified atom stereocenters. The van der Waals surface area contributed by atoms with Gasteiger partial charge in [-0.15, -0.1) is 0 Å². The van der Waals surface area contributed by atoms with Gasteiger partial charge in [0.1, 0.15) is 5.82 Å². The average Bonchev–Trinajstić information content (AvgIpc) is 2.16. The van der Waals surface area contributed by atoms with Crippen LogP contribution in [0.3, 0.4) is 0 Å². The van der Waals surface area contributed by atoms with Crippen LogP contribution in [0.2, 0.25) is 0 Å². The van der Waals surface area contributed by atoms with Crippen LogP contribution in [0.4, 0.5) is 4.39 Å². The van der Waals surface area contributed by atoms with Crippen LogP contribution in [0.25, 0.3) is 0 Å². The minimum atomic E-state index is -1.03. The van der Waals surface area contributed by atoms with Crippen molar-refractivity contribution in [3.05, 3.63) is 35.6 Å². The maximum absolute atomic E-state index is 13.2. The van der Waals surface area contributed by atoms with E-state index in [0.717, 1.165) is 0 Å². The molecule has 1 aromatic carbocycles. The molecule has 3 nitrogen and oxygen atoms in total. The normalized spacial score (nSPS) is 14.8. The molecule has 0 fully saturated rings. The summed E-state index contributed by atoms with van der Waals surface area (Å²) in [5.41, 5.74) is 5.86. The Bertz CT molecular complexity index is 341. The van der Waals surface area contributed by atoms with Crippen molar-refractivity contribution in [2.24, 2.45) is 11.7 Å². The van der Waals surface area contributed by atoms with E-state index in [2.05, 4.69) is 0 Å². The molecule has 0 aliphatic rings. The minimum Gasteiger partial charge on any atom is -0.481 e. The number of hydrogen-bond donors (Lipinski definition) is 2. The Hall–Kier alpha value is -1.42. The fraction of sp³-hybridized carbons (Fsp3) is 0.300. The summed E-state index contributed by atoms with van der Waals surface area (Å²) in [5, 5.41) is 8.70. The third-order valence-electron chi connectivity index (χ3n) is 2.19. The summed E-state index contributed by atoms with van der Waals surface area (Å²) in [4.78, 5) is 10.6. The Labute approximate surface area is 81.4 Å². The molecule has 1 rings (SSSR count). The average molecular weight is 197 g/mol. The largest absolute Gasteiger partial charge is 0.481 e. The first kappa shape index (κ1) is 10.7. The van der Waals surface area contributed by atoms with Crippen LogP contribution in [0.1, 0.15) is 18.5 Å². The lowest BCUT2D eigenvalue weighted by molar-refractivity contribution is -0.141. The van der Waals surface area contributed by atoms with Gasteiger partial charge in [0.15, 0.2) is 0 Å². The molecule has 76 valence electrons. The zero-order chi connectivity index (χ0) is 10.7. The van der Waals surface area contributed by atoms with Crippen LogP contribution in [-0.4, -0.2) is 11.1 Å². The highest BCUT2D eigenvalue weighted by Gasteiger charge is 2.23. The van der Waals surface area contributed by atoms with Crippen LogP contribution in [0, 0.1) is 11.7 Å². The van der Waals surface area contributed by atoms with Crippen LogP contribution in [0.15, 0.2) is 24.3 Å². The maximum atomic E-state index is 13.2. The van der Waals surface area contributed by atoms with E-state index in [4.69, 9.17) is 10.8 Å². The molecule has 0 amide bonds. The predicted octanol–water partition coefficient (Wildman–Crippen LogP) is 1.55. The molecule has 0 aliphatic heterocycles. The van der Waals surface area contributed by atoms with E-state index >= 15 is 0 Å². The van der Waals surface area contributed by atoms with E-state index in [1.165, 1.54) is 25.1 Å². The third-order valence-corrected chi connectivity index (χ3v) is 2.19. The van der Waals surface area contributed by atoms with Crippen molar-refractivity contribution >= 4 is 5.97 Å². The van der Waals surface area contributed by atoms with E-state index in [0.29, 0.717) is 0 Å². The van der Waals surface area contributed by atoms with E-state index in [1.54, 1.807) is 6.07 Å². The predicted molar refractivity (Wildman–Crippen MR) is 50.1 cm³/mol. The first-order chi connectivity index (χ1) is 6.54.